The standard InChI is InChI=1S/C17H24FNO/c1-3-6-17(7-9-19-10-8-17)16(20)12-14-11-15(18)5-4-13(14)2/h4-5,11,19H,3,6-10,12H2,1-2H3. The second kappa shape index (κ2) is 6.49. The molecule has 2 rings (SSSR count). The Kier molecular flexibility index (Phi) is 4.92. The molecule has 0 bridgehead atoms. The van der Waals surface area contributed by atoms with Crippen molar-refractivity contribution in [2.24, 2.45) is 5.41 Å². The minimum absolute atomic E-state index is 0.196. The van der Waals surface area contributed by atoms with Crippen LogP contribution in [0.25, 0.3) is 0 Å². The molecule has 110 valence electrons. The molecular weight excluding hydrogens is 253 g/mol. The van der Waals surface area contributed by atoms with Gasteiger partial charge in [-0.25, -0.2) is 4.39 Å². The predicted octanol–water partition coefficient (Wildman–Crippen LogP) is 3.42. The molecule has 0 unspecified atom stereocenters. The fourth-order valence-electron chi connectivity index (χ4n) is 3.24. The molecule has 1 aromatic rings. The zero-order chi connectivity index (χ0) is 14.6. The van der Waals surface area contributed by atoms with Crippen LogP contribution >= 0.6 is 0 Å². The average Bonchev–Trinajstić information content (AvgIpc) is 2.44. The summed E-state index contributed by atoms with van der Waals surface area (Å²) in [6, 6.07) is 4.72. The van der Waals surface area contributed by atoms with Gasteiger partial charge in [0, 0.05) is 11.8 Å². The second-order valence-corrected chi connectivity index (χ2v) is 5.95. The summed E-state index contributed by atoms with van der Waals surface area (Å²) in [5, 5.41) is 3.32. The van der Waals surface area contributed by atoms with Gasteiger partial charge in [0.15, 0.2) is 0 Å². The van der Waals surface area contributed by atoms with Crippen LogP contribution in [0.15, 0.2) is 18.2 Å². The zero-order valence-corrected chi connectivity index (χ0v) is 12.5. The van der Waals surface area contributed by atoms with Crippen molar-refractivity contribution in [3.8, 4) is 0 Å². The Morgan fingerprint density at radius 3 is 2.70 bits per heavy atom. The molecule has 0 saturated carbocycles. The van der Waals surface area contributed by atoms with E-state index in [1.165, 1.54) is 12.1 Å². The molecule has 1 saturated heterocycles. The summed E-state index contributed by atoms with van der Waals surface area (Å²) < 4.78 is 13.4. The number of nitrogens with one attached hydrogen (secondary N) is 1. The van der Waals surface area contributed by atoms with Crippen LogP contribution in [-0.4, -0.2) is 18.9 Å². The van der Waals surface area contributed by atoms with Gasteiger partial charge in [-0.1, -0.05) is 19.4 Å². The Bertz CT molecular complexity index is 472. The lowest BCUT2D eigenvalue weighted by atomic mass is 9.70. The first kappa shape index (κ1) is 15.2. The van der Waals surface area contributed by atoms with E-state index in [-0.39, 0.29) is 17.0 Å². The number of hydrogen-bond donors (Lipinski definition) is 1. The number of Topliss-reactive ketones (excluding diaryl/α,β-unsaturated/α-hetero) is 1. The fourth-order valence-corrected chi connectivity index (χ4v) is 3.24. The molecule has 3 heteroatoms. The van der Waals surface area contributed by atoms with Crippen LogP contribution < -0.4 is 5.32 Å². The van der Waals surface area contributed by atoms with Gasteiger partial charge in [-0.05, 0) is 62.5 Å². The molecule has 0 atom stereocenters. The molecule has 0 aromatic heterocycles. The van der Waals surface area contributed by atoms with Gasteiger partial charge in [0.25, 0.3) is 0 Å². The molecule has 0 spiro atoms. The van der Waals surface area contributed by atoms with Crippen molar-refractivity contribution in [2.45, 2.75) is 46.0 Å². The van der Waals surface area contributed by atoms with Gasteiger partial charge >= 0.3 is 0 Å². The van der Waals surface area contributed by atoms with Crippen molar-refractivity contribution in [2.75, 3.05) is 13.1 Å². The van der Waals surface area contributed by atoms with Crippen molar-refractivity contribution >= 4 is 5.78 Å². The van der Waals surface area contributed by atoms with E-state index >= 15 is 0 Å². The molecule has 20 heavy (non-hydrogen) atoms. The van der Waals surface area contributed by atoms with Crippen LogP contribution in [0.5, 0.6) is 0 Å². The highest BCUT2D eigenvalue weighted by molar-refractivity contribution is 5.87. The SMILES string of the molecule is CCCC1(C(=O)Cc2cc(F)ccc2C)CCNCC1. The van der Waals surface area contributed by atoms with E-state index < -0.39 is 0 Å². The summed E-state index contributed by atoms with van der Waals surface area (Å²) in [6.45, 7) is 5.89. The lowest BCUT2D eigenvalue weighted by molar-refractivity contribution is -0.130. The number of carbonyl (C=O) groups is 1. The largest absolute Gasteiger partial charge is 0.317 e. The van der Waals surface area contributed by atoms with Gasteiger partial charge in [-0.15, -0.1) is 0 Å². The summed E-state index contributed by atoms with van der Waals surface area (Å²) in [7, 11) is 0. The number of aryl methyl sites for hydroxylation is 1. The summed E-state index contributed by atoms with van der Waals surface area (Å²) in [5.41, 5.74) is 1.64. The maximum Gasteiger partial charge on any atom is 0.143 e. The van der Waals surface area contributed by atoms with Crippen LogP contribution in [0, 0.1) is 18.2 Å². The number of ketones is 1. The van der Waals surface area contributed by atoms with Gasteiger partial charge in [0.2, 0.25) is 0 Å². The number of piperidine rings is 1. The van der Waals surface area contributed by atoms with Crippen LogP contribution in [0.4, 0.5) is 4.39 Å². The molecule has 1 aliphatic rings. The zero-order valence-electron chi connectivity index (χ0n) is 12.5. The van der Waals surface area contributed by atoms with Crippen LogP contribution in [0.2, 0.25) is 0 Å². The van der Waals surface area contributed by atoms with Crippen molar-refractivity contribution in [1.82, 2.24) is 5.32 Å². The van der Waals surface area contributed by atoms with Crippen molar-refractivity contribution in [3.05, 3.63) is 35.1 Å². The van der Waals surface area contributed by atoms with Crippen molar-refractivity contribution in [3.63, 3.8) is 0 Å². The van der Waals surface area contributed by atoms with Gasteiger partial charge in [0.05, 0.1) is 0 Å². The molecule has 1 aliphatic heterocycles. The lowest BCUT2D eigenvalue weighted by Crippen LogP contribution is -2.42. The molecule has 0 radical (unpaired) electrons. The highest BCUT2D eigenvalue weighted by Crippen LogP contribution is 2.36. The molecule has 1 N–H and O–H groups in total. The molecule has 1 aromatic carbocycles. The highest BCUT2D eigenvalue weighted by Gasteiger charge is 2.37. The van der Waals surface area contributed by atoms with Crippen molar-refractivity contribution in [1.29, 1.82) is 0 Å². The molecule has 1 heterocycles. The van der Waals surface area contributed by atoms with E-state index in [0.717, 1.165) is 49.9 Å². The van der Waals surface area contributed by atoms with Crippen LogP contribution in [-0.2, 0) is 11.2 Å². The third kappa shape index (κ3) is 3.26. The topological polar surface area (TPSA) is 29.1 Å². The fraction of sp³-hybridized carbons (Fsp3) is 0.588. The third-order valence-corrected chi connectivity index (χ3v) is 4.54. The molecule has 1 fully saturated rings. The number of benzene rings is 1. The Labute approximate surface area is 120 Å². The Morgan fingerprint density at radius 1 is 1.35 bits per heavy atom. The van der Waals surface area contributed by atoms with Gasteiger partial charge in [0.1, 0.15) is 11.6 Å². The summed E-state index contributed by atoms with van der Waals surface area (Å²) in [6.07, 6.45) is 4.15. The Balaban J connectivity index is 2.18. The first-order valence-electron chi connectivity index (χ1n) is 7.56. The summed E-state index contributed by atoms with van der Waals surface area (Å²) in [5.74, 6) is 0.0304. The minimum Gasteiger partial charge on any atom is -0.317 e. The van der Waals surface area contributed by atoms with E-state index in [0.29, 0.717) is 6.42 Å². The normalized spacial score (nSPS) is 17.9. The number of carbonyl (C=O) groups excluding carboxylic acids is 1. The highest BCUT2D eigenvalue weighted by atomic mass is 19.1. The van der Waals surface area contributed by atoms with Gasteiger partial charge in [-0.3, -0.25) is 4.79 Å². The third-order valence-electron chi connectivity index (χ3n) is 4.54. The first-order chi connectivity index (χ1) is 9.57. The van der Waals surface area contributed by atoms with E-state index in [1.807, 2.05) is 6.92 Å². The monoisotopic (exact) mass is 277 g/mol. The maximum atomic E-state index is 13.4. The molecule has 0 amide bonds. The molecular formula is C17H24FNO. The Morgan fingerprint density at radius 2 is 2.05 bits per heavy atom. The minimum atomic E-state index is -0.256. The predicted molar refractivity (Wildman–Crippen MR) is 79.3 cm³/mol. The van der Waals surface area contributed by atoms with E-state index in [4.69, 9.17) is 0 Å². The number of halogens is 1. The summed E-state index contributed by atoms with van der Waals surface area (Å²) in [4.78, 5) is 12.8. The quantitative estimate of drug-likeness (QED) is 0.893. The van der Waals surface area contributed by atoms with E-state index in [2.05, 4.69) is 12.2 Å². The Hall–Kier alpha value is -1.22. The lowest BCUT2D eigenvalue weighted by Gasteiger charge is -2.36. The number of hydrogen-bond acceptors (Lipinski definition) is 2. The van der Waals surface area contributed by atoms with Gasteiger partial charge < -0.3 is 5.32 Å². The number of rotatable bonds is 5. The molecule has 2 nitrogen and oxygen atoms in total. The molecule has 0 aliphatic carbocycles. The first-order valence-corrected chi connectivity index (χ1v) is 7.56. The van der Waals surface area contributed by atoms with Gasteiger partial charge in [-0.2, -0.15) is 0 Å². The van der Waals surface area contributed by atoms with Crippen LogP contribution in [0.1, 0.15) is 43.7 Å². The smallest absolute Gasteiger partial charge is 0.143 e. The maximum absolute atomic E-state index is 13.4. The van der Waals surface area contributed by atoms with E-state index in [9.17, 15) is 9.18 Å². The second-order valence-electron chi connectivity index (χ2n) is 5.95. The van der Waals surface area contributed by atoms with Crippen LogP contribution in [0.3, 0.4) is 0 Å². The average molecular weight is 277 g/mol. The summed E-state index contributed by atoms with van der Waals surface area (Å²) >= 11 is 0. The van der Waals surface area contributed by atoms with E-state index in [1.54, 1.807) is 6.07 Å². The van der Waals surface area contributed by atoms with Crippen molar-refractivity contribution < 1.29 is 9.18 Å².